The Morgan fingerprint density at radius 1 is 1.33 bits per heavy atom. The molecular weight excluding hydrogens is 203 g/mol. The summed E-state index contributed by atoms with van der Waals surface area (Å²) in [7, 11) is 0. The summed E-state index contributed by atoms with van der Waals surface area (Å²) in [6.45, 7) is 0. The van der Waals surface area contributed by atoms with Crippen molar-refractivity contribution in [2.24, 2.45) is 0 Å². The first-order valence-corrected chi connectivity index (χ1v) is 3.68. The number of benzene rings is 1. The maximum absolute atomic E-state index is 10.6. The summed E-state index contributed by atoms with van der Waals surface area (Å²) in [5.41, 5.74) is 0. The molecule has 0 spiro atoms. The first-order chi connectivity index (χ1) is 5.33. The van der Waals surface area contributed by atoms with Crippen LogP contribution in [0.5, 0.6) is 5.75 Å². The van der Waals surface area contributed by atoms with Gasteiger partial charge in [-0.3, -0.25) is 4.79 Å². The van der Waals surface area contributed by atoms with E-state index in [2.05, 4.69) is 0 Å². The molecule has 0 saturated heterocycles. The molecule has 0 bridgehead atoms. The van der Waals surface area contributed by atoms with Crippen LogP contribution in [0.1, 0.15) is 0 Å². The van der Waals surface area contributed by atoms with Crippen LogP contribution in [0.4, 0.5) is 0 Å². The molecule has 0 aliphatic heterocycles. The fourth-order valence-electron chi connectivity index (χ4n) is 0.647. The van der Waals surface area contributed by atoms with Gasteiger partial charge in [-0.1, -0.05) is 18.2 Å². The summed E-state index contributed by atoms with van der Waals surface area (Å²) >= 11 is 5.23. The molecule has 0 aliphatic rings. The second-order valence-corrected chi connectivity index (χ2v) is 2.19. The molecule has 0 saturated carbocycles. The first kappa shape index (κ1) is 12.6. The van der Waals surface area contributed by atoms with E-state index < -0.39 is 5.97 Å². The predicted molar refractivity (Wildman–Crippen MR) is 49.9 cm³/mol. The number of carbonyl (C=O) groups excluding carboxylic acids is 1. The summed E-state index contributed by atoms with van der Waals surface area (Å²) in [5.74, 6) is -0.0226. The van der Waals surface area contributed by atoms with Crippen LogP contribution in [-0.2, 0) is 4.79 Å². The molecule has 0 aliphatic carbocycles. The normalized spacial score (nSPS) is 8.42. The van der Waals surface area contributed by atoms with Crippen molar-refractivity contribution < 1.29 is 9.53 Å². The van der Waals surface area contributed by atoms with Gasteiger partial charge in [-0.2, -0.15) is 0 Å². The number of hydrogen-bond acceptors (Lipinski definition) is 2. The van der Waals surface area contributed by atoms with E-state index >= 15 is 0 Å². The predicted octanol–water partition coefficient (Wildman–Crippen LogP) is 1.18. The topological polar surface area (TPSA) is 26.3 Å². The molecule has 0 atom stereocenters. The third kappa shape index (κ3) is 4.60. The van der Waals surface area contributed by atoms with E-state index in [1.165, 1.54) is 0 Å². The molecule has 0 amide bonds. The first-order valence-electron chi connectivity index (χ1n) is 3.14. The van der Waals surface area contributed by atoms with E-state index in [0.717, 1.165) is 0 Å². The molecule has 0 aromatic heterocycles. The number of carbonyl (C=O) groups is 1. The summed E-state index contributed by atoms with van der Waals surface area (Å²) in [6, 6.07) is 8.82. The van der Waals surface area contributed by atoms with Crippen LogP contribution in [-0.4, -0.2) is 63.2 Å². The zero-order valence-electron chi connectivity index (χ0n) is 5.79. The monoisotopic (exact) mass is 210 g/mol. The molecule has 0 heterocycles. The Morgan fingerprint density at radius 3 is 2.42 bits per heavy atom. The van der Waals surface area contributed by atoms with Gasteiger partial charge in [0.05, 0.1) is 0 Å². The molecule has 1 aromatic rings. The van der Waals surface area contributed by atoms with Crippen molar-refractivity contribution in [3.63, 3.8) is 0 Å². The van der Waals surface area contributed by atoms with Crippen molar-refractivity contribution in [2.75, 3.05) is 5.88 Å². The Kier molecular flexibility index (Phi) is 7.42. The van der Waals surface area contributed by atoms with Gasteiger partial charge in [0, 0.05) is 0 Å². The molecule has 4 heteroatoms. The Balaban J connectivity index is 0.00000121. The fourth-order valence-corrected chi connectivity index (χ4v) is 0.702. The van der Waals surface area contributed by atoms with Crippen LogP contribution >= 0.6 is 11.6 Å². The van der Waals surface area contributed by atoms with Crippen LogP contribution in [0.25, 0.3) is 0 Å². The minimum atomic E-state index is -0.433. The van der Waals surface area contributed by atoms with Crippen molar-refractivity contribution in [1.29, 1.82) is 0 Å². The van der Waals surface area contributed by atoms with Crippen LogP contribution < -0.4 is 4.74 Å². The number of rotatable bonds is 2. The van der Waals surface area contributed by atoms with Crippen LogP contribution in [0, 0.1) is 0 Å². The van der Waals surface area contributed by atoms with E-state index in [9.17, 15) is 4.79 Å². The van der Waals surface area contributed by atoms with E-state index in [1.807, 2.05) is 6.07 Å². The minimum absolute atomic E-state index is 0. The SMILES string of the molecule is O=C(CCl)Oc1ccccc1.[KH]. The van der Waals surface area contributed by atoms with Crippen molar-refractivity contribution in [3.8, 4) is 5.75 Å². The zero-order chi connectivity index (χ0) is 8.10. The van der Waals surface area contributed by atoms with E-state index in [1.54, 1.807) is 24.3 Å². The van der Waals surface area contributed by atoms with Gasteiger partial charge in [-0.25, -0.2) is 0 Å². The molecular formula is C8H8ClKO2. The molecule has 0 N–H and O–H groups in total. The third-order valence-corrected chi connectivity index (χ3v) is 1.30. The van der Waals surface area contributed by atoms with Crippen molar-refractivity contribution in [1.82, 2.24) is 0 Å². The molecule has 0 radical (unpaired) electrons. The van der Waals surface area contributed by atoms with Gasteiger partial charge in [0.25, 0.3) is 0 Å². The Bertz CT molecular complexity index is 238. The summed E-state index contributed by atoms with van der Waals surface area (Å²) in [5, 5.41) is 0. The van der Waals surface area contributed by atoms with Gasteiger partial charge in [0.15, 0.2) is 0 Å². The number of alkyl halides is 1. The number of para-hydroxylation sites is 1. The van der Waals surface area contributed by atoms with Crippen LogP contribution in [0.3, 0.4) is 0 Å². The Hall–Kier alpha value is 0.616. The summed E-state index contributed by atoms with van der Waals surface area (Å²) < 4.78 is 4.79. The van der Waals surface area contributed by atoms with E-state index in [4.69, 9.17) is 16.3 Å². The molecule has 0 unspecified atom stereocenters. The zero-order valence-corrected chi connectivity index (χ0v) is 6.54. The maximum atomic E-state index is 10.6. The quantitative estimate of drug-likeness (QED) is 0.317. The summed E-state index contributed by atoms with van der Waals surface area (Å²) in [4.78, 5) is 10.6. The van der Waals surface area contributed by atoms with Gasteiger partial charge >= 0.3 is 57.4 Å². The standard InChI is InChI=1S/C8H7ClO2.K.H/c9-6-8(10)11-7-4-2-1-3-5-7;;/h1-5H,6H2;;. The van der Waals surface area contributed by atoms with E-state index in [0.29, 0.717) is 5.75 Å². The third-order valence-electron chi connectivity index (χ3n) is 1.08. The molecule has 2 nitrogen and oxygen atoms in total. The van der Waals surface area contributed by atoms with Gasteiger partial charge in [-0.15, -0.1) is 11.6 Å². The Morgan fingerprint density at radius 2 is 1.92 bits per heavy atom. The number of esters is 1. The van der Waals surface area contributed by atoms with Gasteiger partial charge < -0.3 is 4.74 Å². The van der Waals surface area contributed by atoms with Gasteiger partial charge in [0.1, 0.15) is 11.6 Å². The molecule has 60 valence electrons. The fraction of sp³-hybridized carbons (Fsp3) is 0.125. The van der Waals surface area contributed by atoms with Crippen LogP contribution in [0.15, 0.2) is 30.3 Å². The molecule has 12 heavy (non-hydrogen) atoms. The van der Waals surface area contributed by atoms with E-state index in [-0.39, 0.29) is 57.3 Å². The van der Waals surface area contributed by atoms with Crippen molar-refractivity contribution in [3.05, 3.63) is 30.3 Å². The average molecular weight is 211 g/mol. The Labute approximate surface area is 119 Å². The number of hydrogen-bond donors (Lipinski definition) is 0. The van der Waals surface area contributed by atoms with Crippen LogP contribution in [0.2, 0.25) is 0 Å². The van der Waals surface area contributed by atoms with Gasteiger partial charge in [0.2, 0.25) is 0 Å². The average Bonchev–Trinajstić information content (AvgIpc) is 2.06. The molecule has 1 aromatic carbocycles. The van der Waals surface area contributed by atoms with Crippen molar-refractivity contribution >= 4 is 69.0 Å². The number of halogens is 1. The number of ether oxygens (including phenoxy) is 1. The molecule has 0 fully saturated rings. The molecule has 1 rings (SSSR count). The van der Waals surface area contributed by atoms with Crippen molar-refractivity contribution in [2.45, 2.75) is 0 Å². The second kappa shape index (κ2) is 7.06. The second-order valence-electron chi connectivity index (χ2n) is 1.92. The summed E-state index contributed by atoms with van der Waals surface area (Å²) in [6.07, 6.45) is 0. The van der Waals surface area contributed by atoms with Gasteiger partial charge in [-0.05, 0) is 12.1 Å².